The van der Waals surface area contributed by atoms with Crippen LogP contribution in [-0.4, -0.2) is 56.9 Å². The van der Waals surface area contributed by atoms with Crippen LogP contribution in [0.1, 0.15) is 36.0 Å². The number of aliphatic hydroxyl groups is 1. The van der Waals surface area contributed by atoms with Crippen molar-refractivity contribution in [1.82, 2.24) is 9.88 Å². The third-order valence-electron chi connectivity index (χ3n) is 6.26. The van der Waals surface area contributed by atoms with Crippen LogP contribution in [0.3, 0.4) is 0 Å². The van der Waals surface area contributed by atoms with Gasteiger partial charge in [0.05, 0.1) is 11.7 Å². The molecule has 6 rings (SSSR count). The maximum atomic E-state index is 12.7. The van der Waals surface area contributed by atoms with Crippen molar-refractivity contribution in [3.8, 4) is 5.75 Å². The van der Waals surface area contributed by atoms with Gasteiger partial charge in [-0.05, 0) is 37.0 Å². The number of aromatic amines is 1. The van der Waals surface area contributed by atoms with Crippen molar-refractivity contribution in [2.45, 2.75) is 50.0 Å². The van der Waals surface area contributed by atoms with E-state index in [9.17, 15) is 15.0 Å². The van der Waals surface area contributed by atoms with Gasteiger partial charge in [-0.15, -0.1) is 0 Å². The normalized spacial score (nSPS) is 36.5. The van der Waals surface area contributed by atoms with Crippen LogP contribution < -0.4 is 0 Å². The Morgan fingerprint density at radius 3 is 2.68 bits per heavy atom. The number of aromatic hydroxyl groups is 1. The third kappa shape index (κ3) is 2.43. The summed E-state index contributed by atoms with van der Waals surface area (Å²) in [5.41, 5.74) is 1.28. The second kappa shape index (κ2) is 5.47. The number of esters is 1. The van der Waals surface area contributed by atoms with Crippen LogP contribution >= 0.6 is 0 Å². The van der Waals surface area contributed by atoms with Crippen molar-refractivity contribution < 1.29 is 19.7 Å². The van der Waals surface area contributed by atoms with Crippen LogP contribution in [0.5, 0.6) is 5.75 Å². The topological polar surface area (TPSA) is 85.8 Å². The maximum absolute atomic E-state index is 12.7. The van der Waals surface area contributed by atoms with Crippen molar-refractivity contribution in [2.75, 3.05) is 6.54 Å². The van der Waals surface area contributed by atoms with Crippen molar-refractivity contribution in [1.29, 1.82) is 0 Å². The van der Waals surface area contributed by atoms with Gasteiger partial charge in [-0.2, -0.15) is 0 Å². The van der Waals surface area contributed by atoms with E-state index in [-0.39, 0.29) is 23.9 Å². The number of carbonyl (C=O) groups is 1. The Kier molecular flexibility index (Phi) is 3.33. The van der Waals surface area contributed by atoms with Crippen LogP contribution in [-0.2, 0) is 4.74 Å². The highest BCUT2D eigenvalue weighted by atomic mass is 16.5. The molecule has 6 nitrogen and oxygen atoms in total. The van der Waals surface area contributed by atoms with Crippen molar-refractivity contribution in [2.24, 2.45) is 5.92 Å². The molecule has 2 aromatic rings. The van der Waals surface area contributed by atoms with Crippen LogP contribution in [0.2, 0.25) is 0 Å². The second-order valence-electron chi connectivity index (χ2n) is 7.73. The number of nitrogens with one attached hydrogen (secondary N) is 1. The number of piperidine rings is 4. The molecule has 0 radical (unpaired) electrons. The van der Waals surface area contributed by atoms with Crippen LogP contribution in [0.15, 0.2) is 24.4 Å². The summed E-state index contributed by atoms with van der Waals surface area (Å²) in [7, 11) is 0. The van der Waals surface area contributed by atoms with E-state index >= 15 is 0 Å². The molecule has 0 saturated carbocycles. The van der Waals surface area contributed by atoms with E-state index in [4.69, 9.17) is 4.74 Å². The number of nitrogens with zero attached hydrogens (tertiary/aromatic N) is 1. The molecule has 1 aromatic heterocycles. The molecule has 132 valence electrons. The molecular weight excluding hydrogens is 320 g/mol. The molecule has 4 saturated heterocycles. The van der Waals surface area contributed by atoms with Crippen LogP contribution in [0, 0.1) is 5.92 Å². The first-order valence-corrected chi connectivity index (χ1v) is 9.03. The van der Waals surface area contributed by atoms with Crippen molar-refractivity contribution in [3.05, 3.63) is 30.0 Å². The summed E-state index contributed by atoms with van der Waals surface area (Å²) in [6, 6.07) is 5.77. The zero-order chi connectivity index (χ0) is 17.1. The molecule has 3 N–H and O–H groups in total. The average Bonchev–Trinajstić information content (AvgIpc) is 2.98. The number of hydrogen-bond acceptors (Lipinski definition) is 5. The minimum atomic E-state index is -0.331. The van der Waals surface area contributed by atoms with E-state index in [1.54, 1.807) is 24.4 Å². The van der Waals surface area contributed by atoms with Gasteiger partial charge in [0.25, 0.3) is 0 Å². The van der Waals surface area contributed by atoms with Crippen LogP contribution in [0.4, 0.5) is 0 Å². The number of aromatic nitrogens is 1. The fourth-order valence-corrected chi connectivity index (χ4v) is 5.10. The fraction of sp³-hybridized carbons (Fsp3) is 0.526. The van der Waals surface area contributed by atoms with Crippen molar-refractivity contribution in [3.63, 3.8) is 0 Å². The summed E-state index contributed by atoms with van der Waals surface area (Å²) in [5, 5.41) is 20.4. The van der Waals surface area contributed by atoms with Gasteiger partial charge in [-0.1, -0.05) is 0 Å². The quantitative estimate of drug-likeness (QED) is 0.727. The molecule has 6 atom stereocenters. The number of H-pyrrole nitrogens is 1. The molecule has 6 heteroatoms. The molecule has 4 aliphatic heterocycles. The molecule has 1 aromatic carbocycles. The number of aliphatic hydroxyl groups excluding tert-OH is 1. The van der Waals surface area contributed by atoms with E-state index in [1.807, 2.05) is 0 Å². The largest absolute Gasteiger partial charge is 0.508 e. The Labute approximate surface area is 145 Å². The molecule has 0 spiro atoms. The number of benzene rings is 1. The number of phenolic OH excluding ortho intramolecular Hbond substituents is 1. The average molecular weight is 342 g/mol. The molecule has 5 heterocycles. The van der Waals surface area contributed by atoms with Crippen LogP contribution in [0.25, 0.3) is 10.9 Å². The van der Waals surface area contributed by atoms with Gasteiger partial charge in [0.1, 0.15) is 11.9 Å². The molecular formula is C19H22N2O4. The fourth-order valence-electron chi connectivity index (χ4n) is 5.10. The number of phenols is 1. The van der Waals surface area contributed by atoms with Gasteiger partial charge in [0.2, 0.25) is 0 Å². The first-order valence-electron chi connectivity index (χ1n) is 9.03. The highest BCUT2D eigenvalue weighted by Gasteiger charge is 2.49. The van der Waals surface area contributed by atoms with Gasteiger partial charge in [-0.3, -0.25) is 4.90 Å². The Morgan fingerprint density at radius 1 is 1.20 bits per heavy atom. The van der Waals surface area contributed by atoms with Gasteiger partial charge in [-0.25, -0.2) is 4.79 Å². The lowest BCUT2D eigenvalue weighted by molar-refractivity contribution is -0.130. The predicted molar refractivity (Wildman–Crippen MR) is 91.4 cm³/mol. The lowest BCUT2D eigenvalue weighted by Crippen LogP contribution is -2.64. The number of rotatable bonds is 2. The first kappa shape index (κ1) is 15.2. The zero-order valence-electron chi connectivity index (χ0n) is 13.9. The minimum absolute atomic E-state index is 0.0720. The summed E-state index contributed by atoms with van der Waals surface area (Å²) < 4.78 is 5.82. The molecule has 0 aliphatic carbocycles. The Balaban J connectivity index is 1.33. The second-order valence-corrected chi connectivity index (χ2v) is 7.73. The van der Waals surface area contributed by atoms with E-state index in [0.717, 1.165) is 37.7 Å². The Bertz CT molecular complexity index is 816. The summed E-state index contributed by atoms with van der Waals surface area (Å²) in [6.45, 7) is 0.766. The van der Waals surface area contributed by atoms with E-state index in [2.05, 4.69) is 9.88 Å². The number of fused-ring (bicyclic) bond motifs is 2. The van der Waals surface area contributed by atoms with Crippen molar-refractivity contribution >= 4 is 16.9 Å². The summed E-state index contributed by atoms with van der Waals surface area (Å²) >= 11 is 0. The van der Waals surface area contributed by atoms with E-state index in [0.29, 0.717) is 29.0 Å². The predicted octanol–water partition coefficient (Wildman–Crippen LogP) is 2.02. The monoisotopic (exact) mass is 342 g/mol. The summed E-state index contributed by atoms with van der Waals surface area (Å²) in [4.78, 5) is 18.1. The molecule has 3 unspecified atom stereocenters. The zero-order valence-corrected chi connectivity index (χ0v) is 13.9. The molecule has 25 heavy (non-hydrogen) atoms. The molecule has 4 fully saturated rings. The highest BCUT2D eigenvalue weighted by molar-refractivity contribution is 6.04. The first-order chi connectivity index (χ1) is 12.1. The number of carbonyl (C=O) groups excluding carboxylic acids is 1. The summed E-state index contributed by atoms with van der Waals surface area (Å²) in [5.74, 6) is 0.214. The molecule has 4 aliphatic rings. The number of ether oxygens (including phenoxy) is 1. The minimum Gasteiger partial charge on any atom is -0.508 e. The smallest absolute Gasteiger partial charge is 0.340 e. The van der Waals surface area contributed by atoms with Gasteiger partial charge < -0.3 is 19.9 Å². The number of hydrogen-bond donors (Lipinski definition) is 3. The van der Waals surface area contributed by atoms with Gasteiger partial charge in [0.15, 0.2) is 0 Å². The Hall–Kier alpha value is -2.05. The molecule has 0 amide bonds. The lowest BCUT2D eigenvalue weighted by atomic mass is 9.71. The van der Waals surface area contributed by atoms with E-state index in [1.165, 1.54) is 0 Å². The Morgan fingerprint density at radius 2 is 1.96 bits per heavy atom. The van der Waals surface area contributed by atoms with E-state index < -0.39 is 0 Å². The maximum Gasteiger partial charge on any atom is 0.340 e. The third-order valence-corrected chi connectivity index (χ3v) is 6.26. The van der Waals surface area contributed by atoms with Gasteiger partial charge >= 0.3 is 5.97 Å². The SMILES string of the molecule is O=C(OC1C[C@@H]2CC3C[C@H](C1)N2C[C@@H]3O)c1c[nH]c2ccc(O)cc12. The summed E-state index contributed by atoms with van der Waals surface area (Å²) in [6.07, 6.45) is 5.10. The lowest BCUT2D eigenvalue weighted by Gasteiger charge is -2.56. The molecule has 4 bridgehead atoms. The van der Waals surface area contributed by atoms with Gasteiger partial charge in [0, 0.05) is 48.6 Å². The highest BCUT2D eigenvalue weighted by Crippen LogP contribution is 2.43. The standard InChI is InChI=1S/C19H22N2O4/c22-13-1-2-17-15(7-13)16(8-20-17)19(24)25-14-5-11-3-10-4-12(6-14)21(11)9-18(10)23/h1-2,7-8,10-12,14,18,20,22-23H,3-6,9H2/t10?,11-,12+,14?,18-/m0/s1.